The second-order valence-corrected chi connectivity index (χ2v) is 7.62. The van der Waals surface area contributed by atoms with Gasteiger partial charge in [-0.05, 0) is 29.8 Å². The molecule has 0 unspecified atom stereocenters. The molecule has 1 fully saturated rings. The Bertz CT molecular complexity index is 928. The number of hydrogen-bond acceptors (Lipinski definition) is 4. The Balaban J connectivity index is 1.18. The van der Waals surface area contributed by atoms with Gasteiger partial charge in [0.25, 0.3) is 11.8 Å². The van der Waals surface area contributed by atoms with Crippen LogP contribution in [-0.4, -0.2) is 44.3 Å². The Morgan fingerprint density at radius 1 is 1.07 bits per heavy atom. The van der Waals surface area contributed by atoms with Crippen molar-refractivity contribution in [1.82, 2.24) is 10.6 Å². The van der Waals surface area contributed by atoms with Crippen LogP contribution in [0.2, 0.25) is 0 Å². The largest absolute Gasteiger partial charge is 0.454 e. The summed E-state index contributed by atoms with van der Waals surface area (Å²) in [5.41, 5.74) is 1.02. The first kappa shape index (κ1) is 20.2. The standard InChI is InChI=1S/C22H24FN3O4/c23-18-4-2-1-3-17(18)22(28)25-16-7-9-26(10-8-16)13-21(27)24-12-15-5-6-19-20(11-15)30-14-29-19/h1-6,11,16H,7-10,12-14H2,(H,24,27)(H,25,28)/p+1. The zero-order valence-electron chi connectivity index (χ0n) is 16.6. The molecular formula is C22H25FN3O4+. The van der Waals surface area contributed by atoms with E-state index < -0.39 is 5.82 Å². The van der Waals surface area contributed by atoms with Crippen LogP contribution < -0.4 is 25.0 Å². The maximum atomic E-state index is 13.7. The summed E-state index contributed by atoms with van der Waals surface area (Å²) in [7, 11) is 0. The number of nitrogens with one attached hydrogen (secondary N) is 3. The molecule has 0 spiro atoms. The maximum Gasteiger partial charge on any atom is 0.275 e. The molecule has 0 radical (unpaired) electrons. The van der Waals surface area contributed by atoms with E-state index in [0.717, 1.165) is 37.2 Å². The van der Waals surface area contributed by atoms with Crippen LogP contribution in [0.25, 0.3) is 0 Å². The highest BCUT2D eigenvalue weighted by atomic mass is 19.1. The van der Waals surface area contributed by atoms with Crippen molar-refractivity contribution < 1.29 is 28.4 Å². The van der Waals surface area contributed by atoms with E-state index in [2.05, 4.69) is 10.6 Å². The summed E-state index contributed by atoms with van der Waals surface area (Å²) in [6.07, 6.45) is 1.51. The van der Waals surface area contributed by atoms with E-state index in [1.54, 1.807) is 12.1 Å². The van der Waals surface area contributed by atoms with E-state index in [0.29, 0.717) is 18.8 Å². The van der Waals surface area contributed by atoms with E-state index >= 15 is 0 Å². The van der Waals surface area contributed by atoms with Gasteiger partial charge in [0.1, 0.15) is 5.82 Å². The van der Waals surface area contributed by atoms with Crippen LogP contribution in [0.3, 0.4) is 0 Å². The quantitative estimate of drug-likeness (QED) is 0.649. The lowest BCUT2D eigenvalue weighted by Crippen LogP contribution is -3.14. The number of halogens is 1. The highest BCUT2D eigenvalue weighted by Gasteiger charge is 2.26. The molecule has 4 rings (SSSR count). The summed E-state index contributed by atoms with van der Waals surface area (Å²) in [5.74, 6) is 0.503. The van der Waals surface area contributed by atoms with E-state index in [-0.39, 0.29) is 30.2 Å². The minimum absolute atomic E-state index is 0.00227. The molecule has 2 aromatic carbocycles. The van der Waals surface area contributed by atoms with Gasteiger partial charge in [0, 0.05) is 25.4 Å². The number of likely N-dealkylation sites (tertiary alicyclic amines) is 1. The predicted molar refractivity (Wildman–Crippen MR) is 107 cm³/mol. The molecule has 0 saturated carbocycles. The van der Waals surface area contributed by atoms with Crippen molar-refractivity contribution in [2.45, 2.75) is 25.4 Å². The van der Waals surface area contributed by atoms with E-state index in [9.17, 15) is 14.0 Å². The Hall–Kier alpha value is -3.13. The molecule has 3 N–H and O–H groups in total. The topological polar surface area (TPSA) is 81.1 Å². The number of quaternary nitrogens is 1. The third kappa shape index (κ3) is 4.88. The average molecular weight is 414 g/mol. The lowest BCUT2D eigenvalue weighted by atomic mass is 10.0. The summed E-state index contributed by atoms with van der Waals surface area (Å²) < 4.78 is 24.4. The van der Waals surface area contributed by atoms with Crippen LogP contribution in [0.5, 0.6) is 11.5 Å². The van der Waals surface area contributed by atoms with Gasteiger partial charge in [-0.25, -0.2) is 4.39 Å². The number of carbonyl (C=O) groups excluding carboxylic acids is 2. The molecule has 0 aliphatic carbocycles. The van der Waals surface area contributed by atoms with Crippen molar-refractivity contribution >= 4 is 11.8 Å². The lowest BCUT2D eigenvalue weighted by Gasteiger charge is -2.29. The molecule has 0 aromatic heterocycles. The van der Waals surface area contributed by atoms with Crippen LogP contribution in [-0.2, 0) is 11.3 Å². The van der Waals surface area contributed by atoms with Crippen LogP contribution in [0, 0.1) is 5.82 Å². The summed E-state index contributed by atoms with van der Waals surface area (Å²) in [5, 5.41) is 5.84. The van der Waals surface area contributed by atoms with Crippen molar-refractivity contribution in [3.05, 3.63) is 59.4 Å². The maximum absolute atomic E-state index is 13.7. The Morgan fingerprint density at radius 2 is 1.83 bits per heavy atom. The summed E-state index contributed by atoms with van der Waals surface area (Å²) >= 11 is 0. The first-order chi connectivity index (χ1) is 14.6. The van der Waals surface area contributed by atoms with Gasteiger partial charge in [0.2, 0.25) is 6.79 Å². The summed E-state index contributed by atoms with van der Waals surface area (Å²) in [6, 6.07) is 11.6. The third-order valence-corrected chi connectivity index (χ3v) is 5.48. The normalized spacial score (nSPS) is 19.9. The Morgan fingerprint density at radius 3 is 2.63 bits per heavy atom. The molecule has 2 heterocycles. The number of fused-ring (bicyclic) bond motifs is 1. The van der Waals surface area contributed by atoms with Gasteiger partial charge in [0.15, 0.2) is 18.0 Å². The fraction of sp³-hybridized carbons (Fsp3) is 0.364. The highest BCUT2D eigenvalue weighted by Crippen LogP contribution is 2.32. The summed E-state index contributed by atoms with van der Waals surface area (Å²) in [6.45, 7) is 2.60. The van der Waals surface area contributed by atoms with Gasteiger partial charge >= 0.3 is 0 Å². The molecule has 2 aliphatic heterocycles. The molecule has 7 nitrogen and oxygen atoms in total. The minimum atomic E-state index is -0.516. The smallest absolute Gasteiger partial charge is 0.275 e. The van der Waals surface area contributed by atoms with Crippen molar-refractivity contribution in [3.8, 4) is 11.5 Å². The zero-order valence-corrected chi connectivity index (χ0v) is 16.6. The minimum Gasteiger partial charge on any atom is -0.454 e. The van der Waals surface area contributed by atoms with Crippen molar-refractivity contribution in [2.75, 3.05) is 26.4 Å². The van der Waals surface area contributed by atoms with Gasteiger partial charge in [-0.3, -0.25) is 9.59 Å². The second kappa shape index (κ2) is 9.13. The molecule has 0 bridgehead atoms. The molecule has 2 amide bonds. The third-order valence-electron chi connectivity index (χ3n) is 5.48. The molecule has 8 heteroatoms. The van der Waals surface area contributed by atoms with Gasteiger partial charge in [-0.15, -0.1) is 0 Å². The Kier molecular flexibility index (Phi) is 6.13. The molecule has 0 atom stereocenters. The van der Waals surface area contributed by atoms with Crippen molar-refractivity contribution in [1.29, 1.82) is 0 Å². The lowest BCUT2D eigenvalue weighted by molar-refractivity contribution is -0.897. The van der Waals surface area contributed by atoms with E-state index in [1.165, 1.54) is 17.0 Å². The number of piperidine rings is 1. The zero-order chi connectivity index (χ0) is 20.9. The fourth-order valence-electron chi connectivity index (χ4n) is 3.80. The molecule has 1 saturated heterocycles. The van der Waals surface area contributed by atoms with Crippen LogP contribution in [0.1, 0.15) is 28.8 Å². The monoisotopic (exact) mass is 414 g/mol. The number of benzene rings is 2. The molecular weight excluding hydrogens is 389 g/mol. The SMILES string of the molecule is O=C(C[NH+]1CCC(NC(=O)c2ccccc2F)CC1)NCc1ccc2c(c1)OCO2. The highest BCUT2D eigenvalue weighted by molar-refractivity contribution is 5.94. The number of hydrogen-bond donors (Lipinski definition) is 3. The predicted octanol–water partition coefficient (Wildman–Crippen LogP) is 0.648. The van der Waals surface area contributed by atoms with Crippen LogP contribution >= 0.6 is 0 Å². The second-order valence-electron chi connectivity index (χ2n) is 7.62. The van der Waals surface area contributed by atoms with Gasteiger partial charge in [0.05, 0.1) is 18.7 Å². The number of amides is 2. The van der Waals surface area contributed by atoms with E-state index in [4.69, 9.17) is 9.47 Å². The van der Waals surface area contributed by atoms with Gasteiger partial charge in [-0.2, -0.15) is 0 Å². The van der Waals surface area contributed by atoms with Crippen molar-refractivity contribution in [3.63, 3.8) is 0 Å². The van der Waals surface area contributed by atoms with Crippen molar-refractivity contribution in [2.24, 2.45) is 0 Å². The summed E-state index contributed by atoms with van der Waals surface area (Å²) in [4.78, 5) is 25.7. The first-order valence-corrected chi connectivity index (χ1v) is 10.1. The molecule has 2 aliphatic rings. The van der Waals surface area contributed by atoms with Crippen LogP contribution in [0.4, 0.5) is 4.39 Å². The molecule has 158 valence electrons. The Labute approximate surface area is 174 Å². The van der Waals surface area contributed by atoms with Gasteiger partial charge in [-0.1, -0.05) is 18.2 Å². The molecule has 2 aromatic rings. The fourth-order valence-corrected chi connectivity index (χ4v) is 3.80. The number of carbonyl (C=O) groups is 2. The average Bonchev–Trinajstić information content (AvgIpc) is 3.22. The number of ether oxygens (including phenoxy) is 2. The first-order valence-electron chi connectivity index (χ1n) is 10.1. The number of rotatable bonds is 6. The molecule has 30 heavy (non-hydrogen) atoms. The van der Waals surface area contributed by atoms with Gasteiger partial charge < -0.3 is 25.0 Å². The van der Waals surface area contributed by atoms with Crippen LogP contribution in [0.15, 0.2) is 42.5 Å². The van der Waals surface area contributed by atoms with E-state index in [1.807, 2.05) is 18.2 Å².